The first-order valence-electron chi connectivity index (χ1n) is 13.1. The number of rotatable bonds is 7. The number of ether oxygens (including phenoxy) is 1. The molecule has 4 heterocycles. The van der Waals surface area contributed by atoms with Crippen molar-refractivity contribution in [2.75, 3.05) is 25.5 Å². The third-order valence-electron chi connectivity index (χ3n) is 6.96. The topological polar surface area (TPSA) is 144 Å². The molecule has 0 atom stereocenters. The number of benzene rings is 2. The number of carbonyl (C=O) groups excluding carboxylic acids is 1. The van der Waals surface area contributed by atoms with Crippen molar-refractivity contribution < 1.29 is 22.4 Å². The summed E-state index contributed by atoms with van der Waals surface area (Å²) in [5, 5.41) is 3.76. The van der Waals surface area contributed by atoms with Gasteiger partial charge in [0.25, 0.3) is 10.0 Å². The van der Waals surface area contributed by atoms with E-state index in [1.807, 2.05) is 28.7 Å². The molecule has 42 heavy (non-hydrogen) atoms. The number of hydrogen-bond acceptors (Lipinski definition) is 9. The number of piperidine rings is 1. The lowest BCUT2D eigenvalue weighted by atomic mass is 10.1. The molecule has 0 bridgehead atoms. The lowest BCUT2D eigenvalue weighted by Gasteiger charge is -2.32. The minimum absolute atomic E-state index is 0.0191. The number of fused-ring (bicyclic) bond motifs is 1. The number of amides is 2. The van der Waals surface area contributed by atoms with Gasteiger partial charge in [0.05, 0.1) is 17.7 Å². The van der Waals surface area contributed by atoms with Crippen LogP contribution in [-0.4, -0.2) is 64.9 Å². The Kier molecular flexibility index (Phi) is 7.43. The second-order valence-electron chi connectivity index (χ2n) is 9.63. The van der Waals surface area contributed by atoms with E-state index in [0.717, 1.165) is 11.3 Å². The van der Waals surface area contributed by atoms with Gasteiger partial charge in [0.2, 0.25) is 5.95 Å². The van der Waals surface area contributed by atoms with Crippen LogP contribution in [0.4, 0.5) is 10.7 Å². The highest BCUT2D eigenvalue weighted by Gasteiger charge is 2.27. The number of nitrogens with one attached hydrogen (secondary N) is 2. The summed E-state index contributed by atoms with van der Waals surface area (Å²) in [6.07, 6.45) is 6.17. The molecule has 216 valence electrons. The molecule has 14 heteroatoms. The van der Waals surface area contributed by atoms with Crippen LogP contribution >= 0.6 is 11.6 Å². The highest BCUT2D eigenvalue weighted by atomic mass is 35.5. The Labute approximate surface area is 246 Å². The van der Waals surface area contributed by atoms with Crippen LogP contribution in [0.3, 0.4) is 0 Å². The Balaban J connectivity index is 1.15. The molecule has 0 radical (unpaired) electrons. The Bertz CT molecular complexity index is 1850. The quantitative estimate of drug-likeness (QED) is 0.269. The number of anilines is 1. The van der Waals surface area contributed by atoms with E-state index in [2.05, 4.69) is 20.0 Å². The molecule has 1 aliphatic rings. The van der Waals surface area contributed by atoms with Gasteiger partial charge in [-0.3, -0.25) is 4.40 Å². The SMILES string of the molecule is COc1cccc(-c2nc3occn3c2-c2ccnc(NC3CCN(C(=O)NS(=O)(=O)c4ccc(Cl)cc4)CC3)n2)c1. The van der Waals surface area contributed by atoms with Gasteiger partial charge in [0.1, 0.15) is 23.4 Å². The van der Waals surface area contributed by atoms with Crippen molar-refractivity contribution in [3.63, 3.8) is 0 Å². The lowest BCUT2D eigenvalue weighted by Crippen LogP contribution is -2.48. The monoisotopic (exact) mass is 607 g/mol. The van der Waals surface area contributed by atoms with Crippen LogP contribution in [0.25, 0.3) is 28.5 Å². The number of oxazole rings is 1. The molecule has 2 N–H and O–H groups in total. The van der Waals surface area contributed by atoms with Crippen molar-refractivity contribution in [3.05, 3.63) is 78.3 Å². The van der Waals surface area contributed by atoms with Gasteiger partial charge in [-0.15, -0.1) is 0 Å². The van der Waals surface area contributed by atoms with Gasteiger partial charge in [0.15, 0.2) is 0 Å². The minimum atomic E-state index is -4.01. The Morgan fingerprint density at radius 1 is 1.10 bits per heavy atom. The molecule has 1 saturated heterocycles. The normalized spacial score (nSPS) is 14.2. The highest BCUT2D eigenvalue weighted by molar-refractivity contribution is 7.90. The number of halogens is 1. The number of imidazole rings is 1. The standard InChI is InChI=1S/C28H26ClN7O5S/c1-40-21-4-2-3-18(17-21)24-25(36-15-16-41-28(36)33-24)23-9-12-30-26(32-23)31-20-10-13-35(14-11-20)27(37)34-42(38,39)22-7-5-19(29)6-8-22/h2-9,12,15-17,20H,10-11,13-14H2,1H3,(H,34,37)(H,30,31,32). The average Bonchev–Trinajstić information content (AvgIpc) is 3.59. The predicted molar refractivity (Wildman–Crippen MR) is 156 cm³/mol. The lowest BCUT2D eigenvalue weighted by molar-refractivity contribution is 0.189. The molecule has 1 aliphatic heterocycles. The molecule has 2 aromatic carbocycles. The van der Waals surface area contributed by atoms with Crippen molar-refractivity contribution in [3.8, 4) is 28.4 Å². The van der Waals surface area contributed by atoms with Crippen LogP contribution in [-0.2, 0) is 10.0 Å². The third kappa shape index (κ3) is 5.60. The fraction of sp³-hybridized carbons (Fsp3) is 0.214. The van der Waals surface area contributed by atoms with E-state index >= 15 is 0 Å². The van der Waals surface area contributed by atoms with E-state index in [1.54, 1.807) is 31.8 Å². The summed E-state index contributed by atoms with van der Waals surface area (Å²) < 4.78 is 40.1. The molecule has 12 nitrogen and oxygen atoms in total. The number of nitrogens with zero attached hydrogens (tertiary/aromatic N) is 5. The number of hydrogen-bond donors (Lipinski definition) is 2. The predicted octanol–water partition coefficient (Wildman–Crippen LogP) is 4.69. The fourth-order valence-electron chi connectivity index (χ4n) is 4.82. The van der Waals surface area contributed by atoms with E-state index < -0.39 is 16.1 Å². The third-order valence-corrected chi connectivity index (χ3v) is 8.55. The number of carbonyl (C=O) groups is 1. The van der Waals surface area contributed by atoms with Gasteiger partial charge in [-0.2, -0.15) is 4.98 Å². The van der Waals surface area contributed by atoms with Gasteiger partial charge >= 0.3 is 11.9 Å². The minimum Gasteiger partial charge on any atom is -0.497 e. The summed E-state index contributed by atoms with van der Waals surface area (Å²) >= 11 is 5.84. The molecule has 5 aromatic rings. The molecule has 6 rings (SSSR count). The van der Waals surface area contributed by atoms with E-state index in [1.165, 1.54) is 29.2 Å². The maximum absolute atomic E-state index is 12.7. The van der Waals surface area contributed by atoms with Gasteiger partial charge in [0, 0.05) is 42.1 Å². The largest absolute Gasteiger partial charge is 0.497 e. The molecular formula is C28H26ClN7O5S. The van der Waals surface area contributed by atoms with Gasteiger partial charge in [-0.25, -0.2) is 27.9 Å². The number of methoxy groups -OCH3 is 1. The maximum Gasteiger partial charge on any atom is 0.331 e. The first kappa shape index (κ1) is 27.5. The molecule has 0 spiro atoms. The van der Waals surface area contributed by atoms with Crippen LogP contribution in [0, 0.1) is 0 Å². The second-order valence-corrected chi connectivity index (χ2v) is 11.8. The number of urea groups is 1. The van der Waals surface area contributed by atoms with E-state index in [9.17, 15) is 13.2 Å². The molecule has 0 aliphatic carbocycles. The zero-order valence-corrected chi connectivity index (χ0v) is 24.0. The van der Waals surface area contributed by atoms with Gasteiger partial charge in [-0.05, 0) is 55.3 Å². The zero-order chi connectivity index (χ0) is 29.3. The van der Waals surface area contributed by atoms with E-state index in [4.69, 9.17) is 25.7 Å². The maximum atomic E-state index is 12.7. The van der Waals surface area contributed by atoms with Crippen LogP contribution in [0.2, 0.25) is 5.02 Å². The van der Waals surface area contributed by atoms with Gasteiger partial charge < -0.3 is 19.4 Å². The fourth-order valence-corrected chi connectivity index (χ4v) is 5.92. The molecule has 0 unspecified atom stereocenters. The van der Waals surface area contributed by atoms with Crippen molar-refractivity contribution in [1.82, 2.24) is 29.0 Å². The first-order valence-corrected chi connectivity index (χ1v) is 14.9. The van der Waals surface area contributed by atoms with Crippen molar-refractivity contribution >= 4 is 39.4 Å². The van der Waals surface area contributed by atoms with Crippen molar-refractivity contribution in [2.24, 2.45) is 0 Å². The number of aromatic nitrogens is 4. The van der Waals surface area contributed by atoms with Crippen LogP contribution in [0.1, 0.15) is 12.8 Å². The Hall–Kier alpha value is -4.62. The summed E-state index contributed by atoms with van der Waals surface area (Å²) in [6, 6.07) is 14.3. The van der Waals surface area contributed by atoms with Crippen LogP contribution in [0.5, 0.6) is 5.75 Å². The van der Waals surface area contributed by atoms with Gasteiger partial charge in [-0.1, -0.05) is 23.7 Å². The summed E-state index contributed by atoms with van der Waals surface area (Å²) in [5.41, 5.74) is 2.92. The molecular weight excluding hydrogens is 582 g/mol. The number of sulfonamides is 1. The second kappa shape index (κ2) is 11.3. The summed E-state index contributed by atoms with van der Waals surface area (Å²) in [7, 11) is -2.40. The Morgan fingerprint density at radius 2 is 1.88 bits per heavy atom. The summed E-state index contributed by atoms with van der Waals surface area (Å²) in [6.45, 7) is 0.717. The smallest absolute Gasteiger partial charge is 0.331 e. The first-order chi connectivity index (χ1) is 20.3. The number of likely N-dealkylation sites (tertiary alicyclic amines) is 1. The van der Waals surface area contributed by atoms with E-state index in [-0.39, 0.29) is 10.9 Å². The van der Waals surface area contributed by atoms with E-state index in [0.29, 0.717) is 59.9 Å². The Morgan fingerprint density at radius 3 is 2.64 bits per heavy atom. The molecule has 1 fully saturated rings. The summed E-state index contributed by atoms with van der Waals surface area (Å²) in [4.78, 5) is 28.0. The zero-order valence-electron chi connectivity index (χ0n) is 22.4. The molecule has 0 saturated carbocycles. The average molecular weight is 608 g/mol. The highest BCUT2D eigenvalue weighted by Crippen LogP contribution is 2.34. The van der Waals surface area contributed by atoms with Crippen LogP contribution in [0.15, 0.2) is 82.6 Å². The van der Waals surface area contributed by atoms with Crippen molar-refractivity contribution in [2.45, 2.75) is 23.8 Å². The molecule has 3 aromatic heterocycles. The molecule has 2 amide bonds. The summed E-state index contributed by atoms with van der Waals surface area (Å²) in [5.74, 6) is 1.56. The van der Waals surface area contributed by atoms with Crippen LogP contribution < -0.4 is 14.8 Å². The van der Waals surface area contributed by atoms with Crippen molar-refractivity contribution in [1.29, 1.82) is 0 Å².